The molecule has 0 saturated carbocycles. The van der Waals surface area contributed by atoms with Crippen LogP contribution in [0.1, 0.15) is 29.2 Å². The van der Waals surface area contributed by atoms with Crippen molar-refractivity contribution in [2.45, 2.75) is 13.3 Å². The van der Waals surface area contributed by atoms with Crippen molar-refractivity contribution in [2.24, 2.45) is 5.73 Å². The zero-order valence-electron chi connectivity index (χ0n) is 17.3. The fraction of sp³-hybridized carbons (Fsp3) is 0.0714. The normalized spacial score (nSPS) is 15.1. The molecule has 0 spiro atoms. The lowest BCUT2D eigenvalue weighted by Gasteiger charge is -2.28. The van der Waals surface area contributed by atoms with Gasteiger partial charge in [0.15, 0.2) is 0 Å². The zero-order chi connectivity index (χ0) is 20.9. The molecule has 148 valence electrons. The molecule has 0 fully saturated rings. The number of hydrogen-bond donors (Lipinski definition) is 1. The Labute approximate surface area is 179 Å². The summed E-state index contributed by atoms with van der Waals surface area (Å²) in [6.07, 6.45) is 8.93. The molecule has 2 N–H and O–H groups in total. The van der Waals surface area contributed by atoms with Crippen LogP contribution in [0.15, 0.2) is 115 Å². The lowest BCUT2D eigenvalue weighted by molar-refractivity contribution is 1.11. The molecule has 0 radical (unpaired) electrons. The molecular formula is C28H26N2. The number of rotatable bonds is 4. The van der Waals surface area contributed by atoms with Gasteiger partial charge in [-0.3, -0.25) is 0 Å². The summed E-state index contributed by atoms with van der Waals surface area (Å²) in [5.41, 5.74) is 15.0. The van der Waals surface area contributed by atoms with E-state index in [-0.39, 0.29) is 0 Å². The van der Waals surface area contributed by atoms with Gasteiger partial charge in [-0.1, -0.05) is 84.9 Å². The first-order valence-corrected chi connectivity index (χ1v) is 10.2. The fourth-order valence-corrected chi connectivity index (χ4v) is 3.88. The summed E-state index contributed by atoms with van der Waals surface area (Å²) < 4.78 is 0. The van der Waals surface area contributed by atoms with Gasteiger partial charge in [0.05, 0.1) is 11.4 Å². The first-order valence-electron chi connectivity index (χ1n) is 10.2. The van der Waals surface area contributed by atoms with Crippen molar-refractivity contribution in [3.63, 3.8) is 0 Å². The molecule has 0 unspecified atom stereocenters. The van der Waals surface area contributed by atoms with Crippen molar-refractivity contribution in [2.75, 3.05) is 4.90 Å². The highest BCUT2D eigenvalue weighted by Gasteiger charge is 2.18. The van der Waals surface area contributed by atoms with E-state index in [9.17, 15) is 0 Å². The van der Waals surface area contributed by atoms with E-state index in [2.05, 4.69) is 110 Å². The van der Waals surface area contributed by atoms with Crippen LogP contribution in [0.4, 0.5) is 5.69 Å². The highest BCUT2D eigenvalue weighted by atomic mass is 15.1. The van der Waals surface area contributed by atoms with E-state index in [4.69, 9.17) is 5.73 Å². The average Bonchev–Trinajstić information content (AvgIpc) is 2.78. The highest BCUT2D eigenvalue weighted by molar-refractivity contribution is 5.91. The largest absolute Gasteiger partial charge is 0.403 e. The maximum Gasteiger partial charge on any atom is 0.0609 e. The fourth-order valence-electron chi connectivity index (χ4n) is 3.88. The standard InChI is InChI=1S/C28H26N2/c1-21(18-23-10-4-3-5-11-23)19-25(20-29)30-17-16-24-12-6-7-13-26(24)22(2)27-14-8-9-15-28(27)30/h3-17,19-20H,2,18,29H2,1H3/b17-16-,21-19+,25-20+. The first-order chi connectivity index (χ1) is 14.7. The van der Waals surface area contributed by atoms with Crippen molar-refractivity contribution in [1.29, 1.82) is 0 Å². The minimum Gasteiger partial charge on any atom is -0.403 e. The lowest BCUT2D eigenvalue weighted by Crippen LogP contribution is -2.18. The third kappa shape index (κ3) is 3.99. The third-order valence-electron chi connectivity index (χ3n) is 5.35. The second-order valence-electron chi connectivity index (χ2n) is 7.51. The molecular weight excluding hydrogens is 364 g/mol. The lowest BCUT2D eigenvalue weighted by atomic mass is 9.92. The minimum absolute atomic E-state index is 0.882. The predicted molar refractivity (Wildman–Crippen MR) is 129 cm³/mol. The monoisotopic (exact) mass is 390 g/mol. The second-order valence-corrected chi connectivity index (χ2v) is 7.51. The molecule has 30 heavy (non-hydrogen) atoms. The van der Waals surface area contributed by atoms with Gasteiger partial charge >= 0.3 is 0 Å². The Morgan fingerprint density at radius 3 is 2.33 bits per heavy atom. The molecule has 0 amide bonds. The number of nitrogens with zero attached hydrogens (tertiary/aromatic N) is 1. The number of hydrogen-bond acceptors (Lipinski definition) is 2. The van der Waals surface area contributed by atoms with Crippen molar-refractivity contribution < 1.29 is 0 Å². The van der Waals surface area contributed by atoms with Crippen LogP contribution in [0.2, 0.25) is 0 Å². The van der Waals surface area contributed by atoms with Crippen LogP contribution in [0.25, 0.3) is 11.6 Å². The summed E-state index contributed by atoms with van der Waals surface area (Å²) in [4.78, 5) is 2.14. The van der Waals surface area contributed by atoms with Crippen LogP contribution >= 0.6 is 0 Å². The number of para-hydroxylation sites is 1. The summed E-state index contributed by atoms with van der Waals surface area (Å²) >= 11 is 0. The maximum absolute atomic E-state index is 6.12. The van der Waals surface area contributed by atoms with Crippen LogP contribution in [0.3, 0.4) is 0 Å². The summed E-state index contributed by atoms with van der Waals surface area (Å²) in [5.74, 6) is 0. The van der Waals surface area contributed by atoms with E-state index in [1.165, 1.54) is 11.1 Å². The Morgan fingerprint density at radius 1 is 0.900 bits per heavy atom. The quantitative estimate of drug-likeness (QED) is 0.513. The van der Waals surface area contributed by atoms with Gasteiger partial charge < -0.3 is 10.6 Å². The molecule has 0 bridgehead atoms. The van der Waals surface area contributed by atoms with Crippen LogP contribution < -0.4 is 10.6 Å². The second kappa shape index (κ2) is 8.71. The molecule has 3 aromatic carbocycles. The number of nitrogens with two attached hydrogens (primary N) is 1. The molecule has 0 aromatic heterocycles. The molecule has 0 saturated heterocycles. The molecule has 1 aliphatic heterocycles. The zero-order valence-corrected chi connectivity index (χ0v) is 17.3. The molecule has 1 heterocycles. The minimum atomic E-state index is 0.882. The Kier molecular flexibility index (Phi) is 5.67. The van der Waals surface area contributed by atoms with Crippen LogP contribution in [0, 0.1) is 0 Å². The van der Waals surface area contributed by atoms with Crippen LogP contribution in [-0.4, -0.2) is 0 Å². The van der Waals surface area contributed by atoms with Crippen molar-refractivity contribution in [3.8, 4) is 0 Å². The molecule has 0 aliphatic carbocycles. The van der Waals surface area contributed by atoms with Gasteiger partial charge in [0.1, 0.15) is 0 Å². The average molecular weight is 391 g/mol. The van der Waals surface area contributed by atoms with E-state index >= 15 is 0 Å². The van der Waals surface area contributed by atoms with Gasteiger partial charge in [-0.25, -0.2) is 0 Å². The topological polar surface area (TPSA) is 29.3 Å². The van der Waals surface area contributed by atoms with Gasteiger partial charge in [0.2, 0.25) is 0 Å². The van der Waals surface area contributed by atoms with Gasteiger partial charge in [-0.15, -0.1) is 0 Å². The third-order valence-corrected chi connectivity index (χ3v) is 5.35. The molecule has 3 aromatic rings. The molecule has 1 aliphatic rings. The Bertz CT molecular complexity index is 1150. The van der Waals surface area contributed by atoms with Crippen molar-refractivity contribution in [1.82, 2.24) is 0 Å². The van der Waals surface area contributed by atoms with Gasteiger partial charge in [-0.05, 0) is 53.8 Å². The van der Waals surface area contributed by atoms with Crippen molar-refractivity contribution in [3.05, 3.63) is 137 Å². The summed E-state index contributed by atoms with van der Waals surface area (Å²) in [6.45, 7) is 6.55. The Balaban J connectivity index is 1.76. The Morgan fingerprint density at radius 2 is 1.57 bits per heavy atom. The van der Waals surface area contributed by atoms with Crippen molar-refractivity contribution >= 4 is 17.3 Å². The highest BCUT2D eigenvalue weighted by Crippen LogP contribution is 2.36. The van der Waals surface area contributed by atoms with Gasteiger partial charge in [-0.2, -0.15) is 0 Å². The number of fused-ring (bicyclic) bond motifs is 2. The molecule has 2 heteroatoms. The van der Waals surface area contributed by atoms with Crippen LogP contribution in [0.5, 0.6) is 0 Å². The van der Waals surface area contributed by atoms with Gasteiger partial charge in [0, 0.05) is 18.0 Å². The van der Waals surface area contributed by atoms with E-state index in [1.54, 1.807) is 6.20 Å². The number of allylic oxidation sites excluding steroid dienone is 2. The molecule has 4 rings (SSSR count). The number of benzene rings is 3. The van der Waals surface area contributed by atoms with E-state index in [1.807, 2.05) is 6.07 Å². The summed E-state index contributed by atoms with van der Waals surface area (Å²) in [5, 5.41) is 0. The molecule has 2 nitrogen and oxygen atoms in total. The first kappa shape index (κ1) is 19.5. The van der Waals surface area contributed by atoms with E-state index in [0.717, 1.165) is 40.1 Å². The number of anilines is 1. The Hall–Kier alpha value is -3.78. The van der Waals surface area contributed by atoms with Gasteiger partial charge in [0.25, 0.3) is 0 Å². The van der Waals surface area contributed by atoms with E-state index < -0.39 is 0 Å². The van der Waals surface area contributed by atoms with Crippen LogP contribution in [-0.2, 0) is 6.42 Å². The molecule has 0 atom stereocenters. The summed E-state index contributed by atoms with van der Waals surface area (Å²) in [6, 6.07) is 27.2. The smallest absolute Gasteiger partial charge is 0.0609 e. The predicted octanol–water partition coefficient (Wildman–Crippen LogP) is 6.53. The SMILES string of the molecule is C=C1c2ccccc2/C=C\N(C(/C=C(\C)Cc2ccccc2)=C/N)c2ccccc21. The summed E-state index contributed by atoms with van der Waals surface area (Å²) in [7, 11) is 0. The maximum atomic E-state index is 6.12. The van der Waals surface area contributed by atoms with E-state index in [0.29, 0.717) is 0 Å².